The third-order valence-electron chi connectivity index (χ3n) is 3.07. The van der Waals surface area contributed by atoms with Gasteiger partial charge in [-0.25, -0.2) is 0 Å². The number of nitrogens with one attached hydrogen (secondary N) is 3. The molecule has 0 amide bonds. The molecule has 0 fully saturated rings. The first-order valence-corrected chi connectivity index (χ1v) is 9.40. The molecular formula is C17H38N4O4. The van der Waals surface area contributed by atoms with Crippen molar-refractivity contribution in [3.05, 3.63) is 0 Å². The fourth-order valence-electron chi connectivity index (χ4n) is 1.85. The van der Waals surface area contributed by atoms with E-state index in [4.69, 9.17) is 18.9 Å². The zero-order valence-electron chi connectivity index (χ0n) is 16.4. The Kier molecular flexibility index (Phi) is 17.7. The van der Waals surface area contributed by atoms with Crippen LogP contribution in [0.5, 0.6) is 0 Å². The van der Waals surface area contributed by atoms with E-state index in [1.165, 1.54) is 0 Å². The van der Waals surface area contributed by atoms with Crippen LogP contribution < -0.4 is 16.0 Å². The van der Waals surface area contributed by atoms with Gasteiger partial charge in [-0.15, -0.1) is 0 Å². The monoisotopic (exact) mass is 362 g/mol. The fourth-order valence-corrected chi connectivity index (χ4v) is 1.85. The highest BCUT2D eigenvalue weighted by molar-refractivity contribution is 5.58. The predicted octanol–water partition coefficient (Wildman–Crippen LogP) is 0.583. The van der Waals surface area contributed by atoms with Crippen molar-refractivity contribution >= 4 is 6.21 Å². The second kappa shape index (κ2) is 18.2. The van der Waals surface area contributed by atoms with Crippen molar-refractivity contribution in [2.24, 2.45) is 4.99 Å². The minimum Gasteiger partial charge on any atom is -0.315 e. The number of hydrogen-bond donors (Lipinski definition) is 3. The number of nitrogens with zero attached hydrogens (tertiary/aromatic N) is 1. The molecule has 0 rings (SSSR count). The van der Waals surface area contributed by atoms with Crippen LogP contribution in [-0.2, 0) is 18.9 Å². The number of aliphatic imine (C=N–C) groups is 1. The Hall–Kier alpha value is -0.610. The Labute approximate surface area is 153 Å². The van der Waals surface area contributed by atoms with E-state index in [9.17, 15) is 0 Å². The number of hydrogen-bond acceptors (Lipinski definition) is 8. The summed E-state index contributed by atoms with van der Waals surface area (Å²) in [5.41, 5.74) is 0. The summed E-state index contributed by atoms with van der Waals surface area (Å²) in [5.74, 6) is 0. The summed E-state index contributed by atoms with van der Waals surface area (Å²) in [6.45, 7) is 15.0. The van der Waals surface area contributed by atoms with Crippen LogP contribution in [-0.4, -0.2) is 84.6 Å². The van der Waals surface area contributed by atoms with Crippen molar-refractivity contribution in [2.45, 2.75) is 33.9 Å². The molecule has 0 saturated carbocycles. The second-order valence-electron chi connectivity index (χ2n) is 5.10. The average Bonchev–Trinajstić information content (AvgIpc) is 2.63. The van der Waals surface area contributed by atoms with E-state index in [0.717, 1.165) is 19.6 Å². The van der Waals surface area contributed by atoms with E-state index in [1.807, 2.05) is 27.7 Å². The summed E-state index contributed by atoms with van der Waals surface area (Å²) < 4.78 is 23.3. The van der Waals surface area contributed by atoms with Crippen LogP contribution in [0.25, 0.3) is 0 Å². The maximum atomic E-state index is 5.83. The van der Waals surface area contributed by atoms with E-state index in [-0.39, 0.29) is 6.61 Å². The van der Waals surface area contributed by atoms with Gasteiger partial charge in [0.15, 0.2) is 0 Å². The van der Waals surface area contributed by atoms with Crippen molar-refractivity contribution in [1.82, 2.24) is 16.0 Å². The molecule has 0 aliphatic heterocycles. The van der Waals surface area contributed by atoms with Gasteiger partial charge >= 0.3 is 6.16 Å². The van der Waals surface area contributed by atoms with Crippen LogP contribution in [0, 0.1) is 0 Å². The number of rotatable bonds is 19. The average molecular weight is 363 g/mol. The van der Waals surface area contributed by atoms with Gasteiger partial charge in [0.1, 0.15) is 0 Å². The molecule has 8 heteroatoms. The highest BCUT2D eigenvalue weighted by Gasteiger charge is 2.35. The Bertz CT molecular complexity index is 275. The summed E-state index contributed by atoms with van der Waals surface area (Å²) in [6.07, 6.45) is 0.184. The summed E-state index contributed by atoms with van der Waals surface area (Å²) in [6, 6.07) is 0. The van der Waals surface area contributed by atoms with Crippen LogP contribution in [0.1, 0.15) is 27.7 Å². The standard InChI is InChI=1S/C17H38N4O4/c1-5-18-9-13-22-17(23-14-10-19-6-2,24-15-11-20-7-3)25-16-12-21-8-4/h9,19-21H,5-8,10-16H2,1-4H3. The summed E-state index contributed by atoms with van der Waals surface area (Å²) in [7, 11) is 0. The molecule has 150 valence electrons. The Morgan fingerprint density at radius 3 is 1.52 bits per heavy atom. The summed E-state index contributed by atoms with van der Waals surface area (Å²) in [4.78, 5) is 4.15. The first-order chi connectivity index (χ1) is 12.2. The highest BCUT2D eigenvalue weighted by atomic mass is 17.0. The lowest BCUT2D eigenvalue weighted by Crippen LogP contribution is -2.46. The molecular weight excluding hydrogens is 324 g/mol. The molecule has 0 spiro atoms. The minimum atomic E-state index is -1.51. The molecule has 3 N–H and O–H groups in total. The van der Waals surface area contributed by atoms with E-state index < -0.39 is 6.16 Å². The molecule has 0 aromatic rings. The molecule has 0 heterocycles. The van der Waals surface area contributed by atoms with Crippen LogP contribution >= 0.6 is 0 Å². The van der Waals surface area contributed by atoms with E-state index >= 15 is 0 Å². The third kappa shape index (κ3) is 14.3. The number of ether oxygens (including phenoxy) is 4. The molecule has 0 aromatic heterocycles. The Morgan fingerprint density at radius 2 is 1.16 bits per heavy atom. The van der Waals surface area contributed by atoms with Crippen molar-refractivity contribution in [1.29, 1.82) is 0 Å². The predicted molar refractivity (Wildman–Crippen MR) is 101 cm³/mol. The zero-order chi connectivity index (χ0) is 18.6. The first kappa shape index (κ1) is 24.4. The number of likely N-dealkylation sites (N-methyl/N-ethyl adjacent to an activating group) is 3. The molecule has 0 unspecified atom stereocenters. The Balaban J connectivity index is 4.70. The van der Waals surface area contributed by atoms with E-state index in [2.05, 4.69) is 20.9 Å². The van der Waals surface area contributed by atoms with Gasteiger partial charge in [0.2, 0.25) is 0 Å². The van der Waals surface area contributed by atoms with Gasteiger partial charge in [-0.3, -0.25) is 9.73 Å². The molecule has 0 aliphatic rings. The molecule has 8 nitrogen and oxygen atoms in total. The van der Waals surface area contributed by atoms with Gasteiger partial charge < -0.3 is 30.2 Å². The van der Waals surface area contributed by atoms with Crippen molar-refractivity contribution in [3.63, 3.8) is 0 Å². The van der Waals surface area contributed by atoms with Gasteiger partial charge in [-0.05, 0) is 26.6 Å². The van der Waals surface area contributed by atoms with Crippen LogP contribution in [0.15, 0.2) is 4.99 Å². The van der Waals surface area contributed by atoms with Crippen molar-refractivity contribution in [2.75, 3.05) is 72.2 Å². The van der Waals surface area contributed by atoms with E-state index in [1.54, 1.807) is 6.21 Å². The molecule has 0 aliphatic carbocycles. The maximum absolute atomic E-state index is 5.83. The molecule has 0 aromatic carbocycles. The van der Waals surface area contributed by atoms with Gasteiger partial charge in [0.25, 0.3) is 0 Å². The van der Waals surface area contributed by atoms with Crippen LogP contribution in [0.2, 0.25) is 0 Å². The lowest BCUT2D eigenvalue weighted by molar-refractivity contribution is -0.494. The smallest absolute Gasteiger partial charge is 0.315 e. The summed E-state index contributed by atoms with van der Waals surface area (Å²) >= 11 is 0. The molecule has 0 bridgehead atoms. The Morgan fingerprint density at radius 1 is 0.720 bits per heavy atom. The van der Waals surface area contributed by atoms with Crippen LogP contribution in [0.4, 0.5) is 0 Å². The van der Waals surface area contributed by atoms with Crippen molar-refractivity contribution < 1.29 is 18.9 Å². The topological polar surface area (TPSA) is 85.4 Å². The van der Waals surface area contributed by atoms with Gasteiger partial charge in [-0.2, -0.15) is 0 Å². The van der Waals surface area contributed by atoms with E-state index in [0.29, 0.717) is 46.0 Å². The first-order valence-electron chi connectivity index (χ1n) is 9.40. The molecule has 0 radical (unpaired) electrons. The van der Waals surface area contributed by atoms with Gasteiger partial charge in [-0.1, -0.05) is 20.8 Å². The maximum Gasteiger partial charge on any atom is 0.413 e. The van der Waals surface area contributed by atoms with Crippen LogP contribution in [0.3, 0.4) is 0 Å². The van der Waals surface area contributed by atoms with Gasteiger partial charge in [0.05, 0.1) is 26.4 Å². The third-order valence-corrected chi connectivity index (χ3v) is 3.07. The fraction of sp³-hybridized carbons (Fsp3) is 0.941. The highest BCUT2D eigenvalue weighted by Crippen LogP contribution is 2.17. The van der Waals surface area contributed by atoms with Gasteiger partial charge in [0, 0.05) is 32.4 Å². The second-order valence-corrected chi connectivity index (χ2v) is 5.10. The zero-order valence-corrected chi connectivity index (χ0v) is 16.4. The molecule has 0 atom stereocenters. The molecule has 25 heavy (non-hydrogen) atoms. The largest absolute Gasteiger partial charge is 0.413 e. The lowest BCUT2D eigenvalue weighted by atomic mass is 10.6. The quantitative estimate of drug-likeness (QED) is 0.176. The summed E-state index contributed by atoms with van der Waals surface area (Å²) in [5, 5.41) is 9.62. The normalized spacial score (nSPS) is 12.3. The van der Waals surface area contributed by atoms with Crippen molar-refractivity contribution in [3.8, 4) is 0 Å². The SMILES string of the molecule is CCN=CCOC(OCCNCC)(OCCNCC)OCCNCC. The minimum absolute atomic E-state index is 0.261. The molecule has 0 saturated heterocycles. The lowest BCUT2D eigenvalue weighted by Gasteiger charge is -2.32.